The van der Waals surface area contributed by atoms with E-state index in [0.717, 1.165) is 29.4 Å². The lowest BCUT2D eigenvalue weighted by Gasteiger charge is -2.23. The zero-order valence-corrected chi connectivity index (χ0v) is 13.8. The fourth-order valence-corrected chi connectivity index (χ4v) is 3.56. The summed E-state index contributed by atoms with van der Waals surface area (Å²) in [6, 6.07) is 5.02. The van der Waals surface area contributed by atoms with E-state index in [1.807, 2.05) is 0 Å². The fraction of sp³-hybridized carbons (Fsp3) is 0.471. The number of hydrogen-bond acceptors (Lipinski definition) is 3. The summed E-state index contributed by atoms with van der Waals surface area (Å²) in [5.41, 5.74) is 6.21. The van der Waals surface area contributed by atoms with E-state index in [0.29, 0.717) is 12.6 Å². The van der Waals surface area contributed by atoms with Crippen LogP contribution in [0.2, 0.25) is 0 Å². The van der Waals surface area contributed by atoms with Crippen LogP contribution in [0.25, 0.3) is 10.9 Å². The van der Waals surface area contributed by atoms with E-state index in [9.17, 15) is 0 Å². The Hall–Kier alpha value is -1.13. The number of benzene rings is 1. The molecule has 0 unspecified atom stereocenters. The molecule has 1 fully saturated rings. The number of hydrogen-bond donors (Lipinski definition) is 1. The Labute approximate surface area is 133 Å². The van der Waals surface area contributed by atoms with E-state index in [4.69, 9.17) is 9.72 Å². The third-order valence-corrected chi connectivity index (χ3v) is 4.81. The molecule has 0 saturated heterocycles. The van der Waals surface area contributed by atoms with Gasteiger partial charge in [0.2, 0.25) is 0 Å². The van der Waals surface area contributed by atoms with Gasteiger partial charge in [-0.2, -0.15) is 0 Å². The van der Waals surface area contributed by atoms with E-state index in [1.165, 1.54) is 40.7 Å². The smallest absolute Gasteiger partial charge is 0.0758 e. The van der Waals surface area contributed by atoms with E-state index in [1.54, 1.807) is 0 Å². The lowest BCUT2D eigenvalue weighted by molar-refractivity contribution is 0.110. The van der Waals surface area contributed by atoms with Gasteiger partial charge in [-0.3, -0.25) is 4.98 Å². The van der Waals surface area contributed by atoms with Crippen molar-refractivity contribution in [1.29, 1.82) is 0 Å². The van der Waals surface area contributed by atoms with Crippen LogP contribution in [0, 0.1) is 0 Å². The van der Waals surface area contributed by atoms with Gasteiger partial charge >= 0.3 is 0 Å². The molecule has 110 valence electrons. The van der Waals surface area contributed by atoms with Crippen LogP contribution in [-0.4, -0.2) is 17.6 Å². The fourth-order valence-electron chi connectivity index (χ4n) is 3.06. The summed E-state index contributed by atoms with van der Waals surface area (Å²) in [7, 11) is 0. The van der Waals surface area contributed by atoms with Crippen LogP contribution in [0.15, 0.2) is 16.6 Å². The van der Waals surface area contributed by atoms with Crippen LogP contribution < -0.4 is 5.32 Å². The van der Waals surface area contributed by atoms with Gasteiger partial charge in [0, 0.05) is 27.9 Å². The third-order valence-electron chi connectivity index (χ3n) is 4.36. The second-order valence-corrected chi connectivity index (χ2v) is 6.86. The monoisotopic (exact) mass is 346 g/mol. The van der Waals surface area contributed by atoms with Crippen molar-refractivity contribution < 1.29 is 4.74 Å². The zero-order chi connectivity index (χ0) is 14.4. The number of nitrogens with one attached hydrogen (secondary N) is 1. The van der Waals surface area contributed by atoms with Crippen LogP contribution >= 0.6 is 15.9 Å². The lowest BCUT2D eigenvalue weighted by atomic mass is 9.99. The van der Waals surface area contributed by atoms with E-state index < -0.39 is 0 Å². The van der Waals surface area contributed by atoms with Crippen molar-refractivity contribution in [3.63, 3.8) is 0 Å². The number of anilines is 1. The highest BCUT2D eigenvalue weighted by molar-refractivity contribution is 9.10. The molecule has 0 radical (unpaired) electrons. The summed E-state index contributed by atoms with van der Waals surface area (Å²) in [5, 5.41) is 4.96. The molecule has 0 amide bonds. The van der Waals surface area contributed by atoms with Crippen molar-refractivity contribution >= 4 is 32.5 Å². The van der Waals surface area contributed by atoms with Gasteiger partial charge in [0.15, 0.2) is 0 Å². The molecule has 0 spiro atoms. The number of fused-ring (bicyclic) bond motifs is 2. The van der Waals surface area contributed by atoms with Crippen LogP contribution in [0.4, 0.5) is 5.69 Å². The number of aromatic nitrogens is 1. The number of ether oxygens (including phenoxy) is 1. The molecule has 2 aliphatic rings. The van der Waals surface area contributed by atoms with E-state index >= 15 is 0 Å². The summed E-state index contributed by atoms with van der Waals surface area (Å²) in [4.78, 5) is 4.98. The van der Waals surface area contributed by atoms with E-state index in [2.05, 4.69) is 40.3 Å². The normalized spacial score (nSPS) is 17.8. The van der Waals surface area contributed by atoms with Gasteiger partial charge in [-0.05, 0) is 37.0 Å². The summed E-state index contributed by atoms with van der Waals surface area (Å²) >= 11 is 3.65. The van der Waals surface area contributed by atoms with Gasteiger partial charge < -0.3 is 10.1 Å². The highest BCUT2D eigenvalue weighted by Crippen LogP contribution is 2.37. The average Bonchev–Trinajstić information content (AvgIpc) is 3.31. The molecule has 21 heavy (non-hydrogen) atoms. The maximum Gasteiger partial charge on any atom is 0.0758 e. The molecule has 3 nitrogen and oxygen atoms in total. The van der Waals surface area contributed by atoms with Crippen molar-refractivity contribution in [3.8, 4) is 0 Å². The Kier molecular flexibility index (Phi) is 3.38. The number of aryl methyl sites for hydroxylation is 1. The first-order valence-corrected chi connectivity index (χ1v) is 8.53. The van der Waals surface area contributed by atoms with Gasteiger partial charge in [0.25, 0.3) is 0 Å². The molecule has 2 aromatic rings. The topological polar surface area (TPSA) is 34.2 Å². The second kappa shape index (κ2) is 5.25. The minimum absolute atomic E-state index is 0.630. The van der Waals surface area contributed by atoms with Gasteiger partial charge in [0.05, 0.1) is 30.1 Å². The predicted octanol–water partition coefficient (Wildman–Crippen LogP) is 4.21. The van der Waals surface area contributed by atoms with Crippen LogP contribution in [0.5, 0.6) is 0 Å². The van der Waals surface area contributed by atoms with Gasteiger partial charge in [0.1, 0.15) is 0 Å². The molecule has 2 heterocycles. The molecule has 1 N–H and O–H groups in total. The molecule has 4 rings (SSSR count). The molecule has 0 bridgehead atoms. The molecule has 1 aromatic heterocycles. The molecule has 1 aliphatic carbocycles. The maximum absolute atomic E-state index is 5.68. The summed E-state index contributed by atoms with van der Waals surface area (Å²) in [5.74, 6) is 0. The van der Waals surface area contributed by atoms with Gasteiger partial charge in [-0.25, -0.2) is 0 Å². The molecule has 1 aromatic carbocycles. The lowest BCUT2D eigenvalue weighted by Crippen LogP contribution is -2.16. The molecule has 1 aliphatic heterocycles. The Balaban J connectivity index is 2.00. The first-order valence-electron chi connectivity index (χ1n) is 7.74. The number of pyridine rings is 1. The maximum atomic E-state index is 5.68. The molecular formula is C17H19BrN2O. The van der Waals surface area contributed by atoms with Crippen molar-refractivity contribution in [2.24, 2.45) is 0 Å². The van der Waals surface area contributed by atoms with Gasteiger partial charge in [-0.1, -0.05) is 22.9 Å². The Bertz CT molecular complexity index is 710. The number of rotatable bonds is 3. The summed E-state index contributed by atoms with van der Waals surface area (Å²) in [6.45, 7) is 3.66. The van der Waals surface area contributed by atoms with Crippen molar-refractivity contribution in [3.05, 3.63) is 33.4 Å². The molecule has 4 heteroatoms. The van der Waals surface area contributed by atoms with E-state index in [-0.39, 0.29) is 0 Å². The zero-order valence-electron chi connectivity index (χ0n) is 12.2. The van der Waals surface area contributed by atoms with Crippen molar-refractivity contribution in [2.75, 3.05) is 11.9 Å². The molecular weight excluding hydrogens is 328 g/mol. The average molecular weight is 347 g/mol. The third kappa shape index (κ3) is 2.44. The standard InChI is InChI=1S/C17H19BrN2O/c1-2-10-7-11(18)8-13-16(10)20-15-5-6-21-9-14(15)17(13)19-12-3-4-12/h7-8,12H,2-6,9H2,1H3,(H,19,20). The van der Waals surface area contributed by atoms with Crippen molar-refractivity contribution in [1.82, 2.24) is 4.98 Å². The largest absolute Gasteiger partial charge is 0.381 e. The minimum atomic E-state index is 0.630. The first kappa shape index (κ1) is 13.5. The Morgan fingerprint density at radius 3 is 3.00 bits per heavy atom. The predicted molar refractivity (Wildman–Crippen MR) is 88.8 cm³/mol. The summed E-state index contributed by atoms with van der Waals surface area (Å²) < 4.78 is 6.81. The Morgan fingerprint density at radius 1 is 1.38 bits per heavy atom. The van der Waals surface area contributed by atoms with Crippen molar-refractivity contribution in [2.45, 2.75) is 45.3 Å². The SMILES string of the molecule is CCc1cc(Br)cc2c(NC3CC3)c3c(nc12)CCOC3. The minimum Gasteiger partial charge on any atom is -0.381 e. The van der Waals surface area contributed by atoms with Crippen LogP contribution in [-0.2, 0) is 24.2 Å². The second-order valence-electron chi connectivity index (χ2n) is 5.95. The number of nitrogens with zero attached hydrogens (tertiary/aromatic N) is 1. The first-order chi connectivity index (χ1) is 10.3. The Morgan fingerprint density at radius 2 is 2.24 bits per heavy atom. The number of halogens is 1. The van der Waals surface area contributed by atoms with Gasteiger partial charge in [-0.15, -0.1) is 0 Å². The quantitative estimate of drug-likeness (QED) is 0.903. The highest BCUT2D eigenvalue weighted by Gasteiger charge is 2.26. The summed E-state index contributed by atoms with van der Waals surface area (Å²) in [6.07, 6.45) is 4.47. The molecule has 1 saturated carbocycles. The highest BCUT2D eigenvalue weighted by atomic mass is 79.9. The van der Waals surface area contributed by atoms with Crippen LogP contribution in [0.1, 0.15) is 36.6 Å². The van der Waals surface area contributed by atoms with Crippen LogP contribution in [0.3, 0.4) is 0 Å². The molecule has 0 atom stereocenters.